The van der Waals surface area contributed by atoms with Gasteiger partial charge in [-0.1, -0.05) is 0 Å². The van der Waals surface area contributed by atoms with Crippen molar-refractivity contribution in [2.45, 2.75) is 13.6 Å². The summed E-state index contributed by atoms with van der Waals surface area (Å²) in [5.74, 6) is -10.8. The van der Waals surface area contributed by atoms with E-state index < -0.39 is 47.2 Å². The molecule has 0 aliphatic rings. The summed E-state index contributed by atoms with van der Waals surface area (Å²) in [4.78, 5) is 15.6. The third-order valence-corrected chi connectivity index (χ3v) is 2.78. The number of halogens is 5. The summed E-state index contributed by atoms with van der Waals surface area (Å²) in [6, 6.07) is 2.48. The van der Waals surface area contributed by atoms with Crippen LogP contribution in [-0.2, 0) is 6.67 Å². The lowest BCUT2D eigenvalue weighted by Crippen LogP contribution is -2.14. The Morgan fingerprint density at radius 1 is 1.14 bits per heavy atom. The highest BCUT2D eigenvalue weighted by atomic mass is 19.2. The zero-order valence-corrected chi connectivity index (χ0v) is 11.1. The highest BCUT2D eigenvalue weighted by molar-refractivity contribution is 5.91. The Bertz CT molecular complexity index is 748. The van der Waals surface area contributed by atoms with Crippen molar-refractivity contribution < 1.29 is 31.5 Å². The van der Waals surface area contributed by atoms with E-state index in [1.54, 1.807) is 6.92 Å². The molecule has 1 aromatic carbocycles. The molecule has 0 aliphatic carbocycles. The Kier molecular flexibility index (Phi) is 4.39. The molecule has 3 nitrogen and oxygen atoms in total. The Hall–Kier alpha value is -2.51. The lowest BCUT2D eigenvalue weighted by molar-refractivity contribution is 0.0722. The first-order chi connectivity index (χ1) is 10.4. The van der Waals surface area contributed by atoms with Gasteiger partial charge >= 0.3 is 5.97 Å². The average molecular weight is 317 g/mol. The number of carbonyl (C=O) groups excluding carboxylic acids is 1. The first kappa shape index (κ1) is 15.9. The topological polar surface area (TPSA) is 39.2 Å². The monoisotopic (exact) mass is 317 g/mol. The largest absolute Gasteiger partial charge is 0.419 e. The number of aromatic nitrogens is 1. The van der Waals surface area contributed by atoms with Crippen LogP contribution in [0.25, 0.3) is 0 Å². The van der Waals surface area contributed by atoms with Gasteiger partial charge in [0.15, 0.2) is 17.4 Å². The molecule has 0 amide bonds. The van der Waals surface area contributed by atoms with Crippen LogP contribution in [0.5, 0.6) is 5.75 Å². The number of pyridine rings is 1. The number of carbonyl (C=O) groups is 1. The van der Waals surface area contributed by atoms with Crippen molar-refractivity contribution in [3.63, 3.8) is 0 Å². The molecule has 8 heteroatoms. The van der Waals surface area contributed by atoms with Gasteiger partial charge in [-0.25, -0.2) is 22.4 Å². The summed E-state index contributed by atoms with van der Waals surface area (Å²) in [6.07, 6.45) is 1.25. The molecular weight excluding hydrogens is 309 g/mol. The van der Waals surface area contributed by atoms with Crippen LogP contribution < -0.4 is 4.74 Å². The van der Waals surface area contributed by atoms with Crippen LogP contribution in [0.2, 0.25) is 0 Å². The summed E-state index contributed by atoms with van der Waals surface area (Å²) < 4.78 is 70.5. The van der Waals surface area contributed by atoms with E-state index in [0.717, 1.165) is 0 Å². The first-order valence-corrected chi connectivity index (χ1v) is 5.92. The van der Waals surface area contributed by atoms with Gasteiger partial charge in [0.05, 0.1) is 11.1 Å². The van der Waals surface area contributed by atoms with Gasteiger partial charge < -0.3 is 4.74 Å². The summed E-state index contributed by atoms with van der Waals surface area (Å²) in [5.41, 5.74) is -0.880. The molecule has 0 N–H and O–H groups in total. The van der Waals surface area contributed by atoms with Crippen LogP contribution in [0.4, 0.5) is 22.0 Å². The van der Waals surface area contributed by atoms with Gasteiger partial charge in [-0.3, -0.25) is 4.98 Å². The van der Waals surface area contributed by atoms with Crippen molar-refractivity contribution in [1.82, 2.24) is 4.98 Å². The second kappa shape index (κ2) is 6.08. The second-order valence-corrected chi connectivity index (χ2v) is 4.27. The molecule has 0 fully saturated rings. The van der Waals surface area contributed by atoms with Crippen LogP contribution in [0, 0.1) is 30.2 Å². The number of ether oxygens (including phenoxy) is 1. The van der Waals surface area contributed by atoms with Crippen LogP contribution in [0.15, 0.2) is 18.3 Å². The average Bonchev–Trinajstić information content (AvgIpc) is 2.50. The molecule has 116 valence electrons. The van der Waals surface area contributed by atoms with Gasteiger partial charge in [-0.05, 0) is 19.1 Å². The van der Waals surface area contributed by atoms with E-state index >= 15 is 0 Å². The van der Waals surface area contributed by atoms with Gasteiger partial charge in [0, 0.05) is 11.9 Å². The van der Waals surface area contributed by atoms with Crippen LogP contribution in [0.1, 0.15) is 21.6 Å². The third-order valence-electron chi connectivity index (χ3n) is 2.78. The molecule has 0 aliphatic heterocycles. The zero-order chi connectivity index (χ0) is 16.4. The van der Waals surface area contributed by atoms with Crippen molar-refractivity contribution in [3.8, 4) is 5.75 Å². The van der Waals surface area contributed by atoms with E-state index in [1.165, 1.54) is 18.3 Å². The summed E-state index contributed by atoms with van der Waals surface area (Å²) in [5, 5.41) is 0. The van der Waals surface area contributed by atoms with Crippen LogP contribution >= 0.6 is 0 Å². The van der Waals surface area contributed by atoms with Crippen molar-refractivity contribution in [2.24, 2.45) is 0 Å². The van der Waals surface area contributed by atoms with E-state index in [4.69, 9.17) is 0 Å². The fourth-order valence-electron chi connectivity index (χ4n) is 1.71. The van der Waals surface area contributed by atoms with Crippen molar-refractivity contribution in [3.05, 3.63) is 58.4 Å². The number of hydrogen-bond donors (Lipinski definition) is 0. The quantitative estimate of drug-likeness (QED) is 0.285. The van der Waals surface area contributed by atoms with E-state index in [1.807, 2.05) is 0 Å². The number of benzene rings is 1. The van der Waals surface area contributed by atoms with Crippen molar-refractivity contribution in [2.75, 3.05) is 0 Å². The molecule has 0 saturated heterocycles. The van der Waals surface area contributed by atoms with Gasteiger partial charge in [0.1, 0.15) is 6.67 Å². The molecule has 0 spiro atoms. The Morgan fingerprint density at radius 2 is 1.77 bits per heavy atom. The predicted octanol–water partition coefficient (Wildman–Crippen LogP) is 3.64. The smallest absolute Gasteiger partial charge is 0.343 e. The molecule has 2 rings (SSSR count). The van der Waals surface area contributed by atoms with E-state index in [-0.39, 0.29) is 5.56 Å². The molecule has 2 aromatic rings. The molecule has 1 heterocycles. The van der Waals surface area contributed by atoms with E-state index in [2.05, 4.69) is 9.72 Å². The number of aryl methyl sites for hydroxylation is 1. The fourth-order valence-corrected chi connectivity index (χ4v) is 1.71. The summed E-state index contributed by atoms with van der Waals surface area (Å²) in [7, 11) is 0. The normalized spacial score (nSPS) is 10.6. The molecule has 0 radical (unpaired) electrons. The van der Waals surface area contributed by atoms with Crippen LogP contribution in [-0.4, -0.2) is 11.0 Å². The highest BCUT2D eigenvalue weighted by Gasteiger charge is 2.28. The molecule has 0 unspecified atom stereocenters. The molecule has 0 bridgehead atoms. The number of hydrogen-bond acceptors (Lipinski definition) is 3. The molecular formula is C14H8F5NO2. The highest BCUT2D eigenvalue weighted by Crippen LogP contribution is 2.31. The SMILES string of the molecule is Cc1cc(C(=O)Oc2c(F)c(F)c(F)c(F)c2CF)ccn1. The lowest BCUT2D eigenvalue weighted by atomic mass is 10.1. The Morgan fingerprint density at radius 3 is 2.36 bits per heavy atom. The summed E-state index contributed by atoms with van der Waals surface area (Å²) in [6.45, 7) is -0.125. The minimum atomic E-state index is -2.19. The van der Waals surface area contributed by atoms with Gasteiger partial charge in [0.25, 0.3) is 0 Å². The van der Waals surface area contributed by atoms with Crippen molar-refractivity contribution >= 4 is 5.97 Å². The predicted molar refractivity (Wildman–Crippen MR) is 65.0 cm³/mol. The van der Waals surface area contributed by atoms with E-state index in [0.29, 0.717) is 5.69 Å². The minimum absolute atomic E-state index is 0.0955. The Labute approximate surface area is 121 Å². The maximum atomic E-state index is 13.6. The number of esters is 1. The minimum Gasteiger partial charge on any atom is -0.419 e. The van der Waals surface area contributed by atoms with Gasteiger partial charge in [-0.2, -0.15) is 4.39 Å². The fraction of sp³-hybridized carbons (Fsp3) is 0.143. The summed E-state index contributed by atoms with van der Waals surface area (Å²) >= 11 is 0. The maximum Gasteiger partial charge on any atom is 0.343 e. The Balaban J connectivity index is 2.47. The third kappa shape index (κ3) is 2.76. The maximum absolute atomic E-state index is 13.6. The second-order valence-electron chi connectivity index (χ2n) is 4.27. The zero-order valence-electron chi connectivity index (χ0n) is 11.1. The number of rotatable bonds is 3. The van der Waals surface area contributed by atoms with Gasteiger partial charge in [0.2, 0.25) is 11.6 Å². The lowest BCUT2D eigenvalue weighted by Gasteiger charge is -2.11. The molecule has 1 aromatic heterocycles. The van der Waals surface area contributed by atoms with Gasteiger partial charge in [-0.15, -0.1) is 0 Å². The van der Waals surface area contributed by atoms with Crippen LogP contribution in [0.3, 0.4) is 0 Å². The molecule has 0 saturated carbocycles. The standard InChI is InChI=1S/C14H8F5NO2/c1-6-4-7(2-3-20-6)14(21)22-13-8(5-15)9(16)10(17)11(18)12(13)19/h2-4H,5H2,1H3. The van der Waals surface area contributed by atoms with Crippen molar-refractivity contribution in [1.29, 1.82) is 0 Å². The number of alkyl halides is 1. The molecule has 22 heavy (non-hydrogen) atoms. The first-order valence-electron chi connectivity index (χ1n) is 5.92. The molecule has 0 atom stereocenters. The van der Waals surface area contributed by atoms with E-state index in [9.17, 15) is 26.7 Å². The number of nitrogens with zero attached hydrogens (tertiary/aromatic N) is 1.